The molecule has 0 radical (unpaired) electrons. The third-order valence-electron chi connectivity index (χ3n) is 8.27. The summed E-state index contributed by atoms with van der Waals surface area (Å²) in [5, 5.41) is 13.4. The Balaban J connectivity index is 1.50. The van der Waals surface area contributed by atoms with Crippen LogP contribution in [0.25, 0.3) is 33.4 Å². The summed E-state index contributed by atoms with van der Waals surface area (Å²) in [7, 11) is 9.49. The van der Waals surface area contributed by atoms with Crippen LogP contribution in [0.1, 0.15) is 32.6 Å². The molecule has 2 aliphatic carbocycles. The largest absolute Gasteiger partial charge is 0.507 e. The summed E-state index contributed by atoms with van der Waals surface area (Å²) in [5.74, 6) is 0.0638. The maximum atomic E-state index is 12.4. The van der Waals surface area contributed by atoms with Crippen LogP contribution >= 0.6 is 0 Å². The van der Waals surface area contributed by atoms with Gasteiger partial charge in [0, 0.05) is 92.4 Å². The molecule has 1 heterocycles. The molecule has 1 N–H and O–H groups in total. The van der Waals surface area contributed by atoms with E-state index in [0.717, 1.165) is 27.6 Å². The summed E-state index contributed by atoms with van der Waals surface area (Å²) in [4.78, 5) is 40.1. The fraction of sp³-hybridized carbons (Fsp3) is 0.371. The molecule has 0 amide bonds. The van der Waals surface area contributed by atoms with Crippen LogP contribution in [0.15, 0.2) is 52.9 Å². The number of carbonyl (C=O) groups is 3. The quantitative estimate of drug-likeness (QED) is 0.120. The van der Waals surface area contributed by atoms with Crippen LogP contribution < -0.4 is 24.5 Å². The minimum atomic E-state index is -1.26. The highest BCUT2D eigenvalue weighted by Crippen LogP contribution is 2.47. The van der Waals surface area contributed by atoms with Crippen LogP contribution in [0.5, 0.6) is 11.5 Å². The Morgan fingerprint density at radius 3 is 2.40 bits per heavy atom. The highest BCUT2D eigenvalue weighted by molar-refractivity contribution is 6.12. The number of hydrogen-bond donors (Lipinski definition) is 1. The molecular formula is C35H40N3O7+. The monoisotopic (exact) mass is 614 g/mol. The second kappa shape index (κ2) is 13.0. The highest BCUT2D eigenvalue weighted by atomic mass is 16.6. The lowest BCUT2D eigenvalue weighted by molar-refractivity contribution is -0.157. The average molecular weight is 615 g/mol. The number of phenolic OH excluding ortho intramolecular Hbond substituents is 1. The molecule has 0 aromatic heterocycles. The second-order valence-corrected chi connectivity index (χ2v) is 11.7. The number of anilines is 2. The number of hydrogen-bond acceptors (Lipinski definition) is 9. The molecule has 1 fully saturated rings. The average Bonchev–Trinajstić information content (AvgIpc) is 3.33. The van der Waals surface area contributed by atoms with Crippen molar-refractivity contribution in [3.8, 4) is 33.9 Å². The van der Waals surface area contributed by atoms with Crippen molar-refractivity contribution >= 4 is 39.9 Å². The molecule has 0 atom stereocenters. The van der Waals surface area contributed by atoms with Gasteiger partial charge < -0.3 is 28.8 Å². The summed E-state index contributed by atoms with van der Waals surface area (Å²) in [6.07, 6.45) is -0.541. The Bertz CT molecular complexity index is 1800. The maximum absolute atomic E-state index is 12.4. The normalized spacial score (nSPS) is 13.5. The lowest BCUT2D eigenvalue weighted by Crippen LogP contribution is -2.29. The fourth-order valence-electron chi connectivity index (χ4n) is 5.76. The molecule has 3 aliphatic rings. The van der Waals surface area contributed by atoms with E-state index in [9.17, 15) is 19.5 Å². The summed E-state index contributed by atoms with van der Waals surface area (Å²) in [6, 6.07) is 15.6. The highest BCUT2D eigenvalue weighted by Gasteiger charge is 2.36. The van der Waals surface area contributed by atoms with Crippen molar-refractivity contribution in [1.29, 1.82) is 0 Å². The number of benzene rings is 3. The van der Waals surface area contributed by atoms with Gasteiger partial charge in [0.15, 0.2) is 11.6 Å². The molecule has 0 spiro atoms. The van der Waals surface area contributed by atoms with Gasteiger partial charge in [-0.3, -0.25) is 14.4 Å². The minimum absolute atomic E-state index is 0.0509. The van der Waals surface area contributed by atoms with E-state index in [1.54, 1.807) is 13.2 Å². The van der Waals surface area contributed by atoms with Gasteiger partial charge >= 0.3 is 5.97 Å². The molecule has 10 nitrogen and oxygen atoms in total. The zero-order valence-corrected chi connectivity index (χ0v) is 26.7. The number of Topliss-reactive ketones (excluding diaryl/α,β-unsaturated/α-hetero) is 2. The molecule has 2 aromatic rings. The standard InChI is InChI=1S/C35H39N3O7/c1-7-38(16-8-9-33(42)45-35-27(39)14-15-28(35)40)26-20-29(41)25(19-32(26)43-6)34-23-12-10-21(36(2)3)17-30(23)44-31-18-22(37(4)5)11-13-24(31)34/h10-13,17-20,35H,7-9,14-16H2,1-6H3/p+1. The van der Waals surface area contributed by atoms with Gasteiger partial charge in [0.25, 0.3) is 0 Å². The van der Waals surface area contributed by atoms with E-state index in [1.165, 1.54) is 0 Å². The number of ether oxygens (including phenoxy) is 2. The predicted octanol–water partition coefficient (Wildman–Crippen LogP) is 4.47. The number of aromatic hydroxyl groups is 1. The predicted molar refractivity (Wildman–Crippen MR) is 174 cm³/mol. The topological polar surface area (TPSA) is 113 Å². The Morgan fingerprint density at radius 1 is 1.02 bits per heavy atom. The van der Waals surface area contributed by atoms with Crippen LogP contribution in [0.4, 0.5) is 11.4 Å². The Kier molecular flexibility index (Phi) is 9.13. The van der Waals surface area contributed by atoms with E-state index in [-0.39, 0.29) is 36.6 Å². The van der Waals surface area contributed by atoms with E-state index >= 15 is 0 Å². The molecule has 0 saturated heterocycles. The lowest BCUT2D eigenvalue weighted by Gasteiger charge is -2.26. The fourth-order valence-corrected chi connectivity index (χ4v) is 5.76. The number of fused-ring (bicyclic) bond motifs is 2. The van der Waals surface area contributed by atoms with Crippen LogP contribution in [-0.2, 0) is 19.1 Å². The number of phenols is 1. The molecule has 236 valence electrons. The zero-order valence-electron chi connectivity index (χ0n) is 26.7. The molecule has 5 rings (SSSR count). The maximum Gasteiger partial charge on any atom is 0.307 e. The minimum Gasteiger partial charge on any atom is -0.507 e. The molecule has 0 unspecified atom stereocenters. The van der Waals surface area contributed by atoms with E-state index in [0.29, 0.717) is 47.9 Å². The van der Waals surface area contributed by atoms with E-state index < -0.39 is 12.1 Å². The smallest absolute Gasteiger partial charge is 0.307 e. The van der Waals surface area contributed by atoms with E-state index in [2.05, 4.69) is 0 Å². The first-order valence-electron chi connectivity index (χ1n) is 15.1. The van der Waals surface area contributed by atoms with E-state index in [1.807, 2.05) is 92.0 Å². The van der Waals surface area contributed by atoms with Crippen molar-refractivity contribution < 1.29 is 33.4 Å². The van der Waals surface area contributed by atoms with Crippen molar-refractivity contribution in [3.05, 3.63) is 53.9 Å². The molecular weight excluding hydrogens is 574 g/mol. The first-order valence-corrected chi connectivity index (χ1v) is 15.1. The molecule has 45 heavy (non-hydrogen) atoms. The Morgan fingerprint density at radius 2 is 1.76 bits per heavy atom. The third-order valence-corrected chi connectivity index (χ3v) is 8.27. The van der Waals surface area contributed by atoms with Crippen LogP contribution in [0.3, 0.4) is 0 Å². The summed E-state index contributed by atoms with van der Waals surface area (Å²) in [6.45, 7) is 3.02. The van der Waals surface area contributed by atoms with Gasteiger partial charge in [0.2, 0.25) is 11.5 Å². The molecule has 2 aromatic carbocycles. The Labute approximate surface area is 262 Å². The van der Waals surface area contributed by atoms with Crippen molar-refractivity contribution in [2.45, 2.75) is 38.7 Å². The van der Waals surface area contributed by atoms with Gasteiger partial charge in [-0.2, -0.15) is 0 Å². The number of esters is 1. The van der Waals surface area contributed by atoms with Crippen molar-refractivity contribution in [2.75, 3.05) is 58.2 Å². The van der Waals surface area contributed by atoms with Crippen molar-refractivity contribution in [3.63, 3.8) is 0 Å². The first kappa shape index (κ1) is 31.6. The molecule has 0 bridgehead atoms. The lowest BCUT2D eigenvalue weighted by atomic mass is 9.92. The molecule has 1 aliphatic heterocycles. The summed E-state index contributed by atoms with van der Waals surface area (Å²) >= 11 is 0. The van der Waals surface area contributed by atoms with Crippen molar-refractivity contribution in [1.82, 2.24) is 4.58 Å². The number of nitrogens with zero attached hydrogens (tertiary/aromatic N) is 3. The second-order valence-electron chi connectivity index (χ2n) is 11.7. The SMILES string of the molecule is CCN(CCCC(=O)OC1C(=O)CCC1=O)c1cc(O)c(-c2c3ccc(=[N+](C)C)cc-3oc3cc(N(C)C)ccc23)cc1OC. The number of rotatable bonds is 10. The summed E-state index contributed by atoms with van der Waals surface area (Å²) in [5.41, 5.74) is 4.62. The van der Waals surface area contributed by atoms with Gasteiger partial charge in [-0.15, -0.1) is 0 Å². The first-order chi connectivity index (χ1) is 21.5. The van der Waals surface area contributed by atoms with Crippen LogP contribution in [-0.4, -0.2) is 77.1 Å². The number of carbonyl (C=O) groups excluding carboxylic acids is 3. The van der Waals surface area contributed by atoms with Crippen molar-refractivity contribution in [2.24, 2.45) is 0 Å². The Hall–Kier alpha value is -4.86. The van der Waals surface area contributed by atoms with Gasteiger partial charge in [-0.1, -0.05) is 0 Å². The molecule has 10 heteroatoms. The van der Waals surface area contributed by atoms with E-state index in [4.69, 9.17) is 13.9 Å². The van der Waals surface area contributed by atoms with Gasteiger partial charge in [0.1, 0.15) is 36.9 Å². The molecule has 1 saturated carbocycles. The van der Waals surface area contributed by atoms with Gasteiger partial charge in [-0.25, -0.2) is 4.58 Å². The van der Waals surface area contributed by atoms with Crippen LogP contribution in [0.2, 0.25) is 0 Å². The summed E-state index contributed by atoms with van der Waals surface area (Å²) < 4.78 is 19.5. The van der Waals surface area contributed by atoms with Gasteiger partial charge in [0.05, 0.1) is 18.9 Å². The number of methoxy groups -OCH3 is 1. The van der Waals surface area contributed by atoms with Gasteiger partial charge in [-0.05, 0) is 37.6 Å². The van der Waals surface area contributed by atoms with Crippen LogP contribution in [0, 0.1) is 0 Å². The zero-order chi connectivity index (χ0) is 32.4. The third kappa shape index (κ3) is 6.36. The number of ketones is 2.